The highest BCUT2D eigenvalue weighted by molar-refractivity contribution is 9.10. The molecule has 2 rings (SSSR count). The maximum absolute atomic E-state index is 11.3. The summed E-state index contributed by atoms with van der Waals surface area (Å²) < 4.78 is 0.771. The van der Waals surface area contributed by atoms with Crippen molar-refractivity contribution in [2.24, 2.45) is 0 Å². The molecule has 1 N–H and O–H groups in total. The summed E-state index contributed by atoms with van der Waals surface area (Å²) in [7, 11) is 0. The van der Waals surface area contributed by atoms with Crippen LogP contribution >= 0.6 is 15.9 Å². The first-order valence-electron chi connectivity index (χ1n) is 5.59. The van der Waals surface area contributed by atoms with E-state index >= 15 is 0 Å². The summed E-state index contributed by atoms with van der Waals surface area (Å²) in [5, 5.41) is 9.27. The van der Waals surface area contributed by atoms with Crippen molar-refractivity contribution in [1.82, 2.24) is 0 Å². The Morgan fingerprint density at radius 2 is 1.67 bits per heavy atom. The Hall–Kier alpha value is -1.61. The number of halogens is 1. The quantitative estimate of drug-likeness (QED) is 0.891. The monoisotopic (exact) mass is 304 g/mol. The van der Waals surface area contributed by atoms with Gasteiger partial charge >= 0.3 is 5.97 Å². The largest absolute Gasteiger partial charge is 0.478 e. The highest BCUT2D eigenvalue weighted by Gasteiger charge is 2.12. The van der Waals surface area contributed by atoms with E-state index in [1.54, 1.807) is 6.07 Å². The number of hydrogen-bond donors (Lipinski definition) is 1. The Morgan fingerprint density at radius 1 is 1.06 bits per heavy atom. The molecule has 3 heteroatoms. The molecule has 0 heterocycles. The predicted molar refractivity (Wildman–Crippen MR) is 76.0 cm³/mol. The summed E-state index contributed by atoms with van der Waals surface area (Å²) in [5.41, 5.74) is 4.26. The maximum atomic E-state index is 11.3. The van der Waals surface area contributed by atoms with Gasteiger partial charge in [0.15, 0.2) is 0 Å². The van der Waals surface area contributed by atoms with Crippen molar-refractivity contribution in [3.63, 3.8) is 0 Å². The molecule has 0 unspecified atom stereocenters. The van der Waals surface area contributed by atoms with Crippen molar-refractivity contribution in [2.45, 2.75) is 13.8 Å². The van der Waals surface area contributed by atoms with E-state index < -0.39 is 5.97 Å². The third kappa shape index (κ3) is 2.62. The van der Waals surface area contributed by atoms with Crippen LogP contribution in [0.5, 0.6) is 0 Å². The van der Waals surface area contributed by atoms with Crippen LogP contribution in [0.2, 0.25) is 0 Å². The van der Waals surface area contributed by atoms with Crippen LogP contribution in [0.25, 0.3) is 11.1 Å². The van der Waals surface area contributed by atoms with Crippen LogP contribution in [0.1, 0.15) is 21.5 Å². The smallest absolute Gasteiger partial charge is 0.336 e. The minimum atomic E-state index is -0.912. The highest BCUT2D eigenvalue weighted by Crippen LogP contribution is 2.28. The molecule has 0 radical (unpaired) electrons. The maximum Gasteiger partial charge on any atom is 0.336 e. The predicted octanol–water partition coefficient (Wildman–Crippen LogP) is 4.43. The molecule has 0 fully saturated rings. The second-order valence-electron chi connectivity index (χ2n) is 4.37. The van der Waals surface area contributed by atoms with Gasteiger partial charge in [0.05, 0.1) is 5.56 Å². The van der Waals surface area contributed by atoms with E-state index in [0.717, 1.165) is 26.7 Å². The number of rotatable bonds is 2. The fraction of sp³-hybridized carbons (Fsp3) is 0.133. The van der Waals surface area contributed by atoms with Crippen LogP contribution in [0, 0.1) is 13.8 Å². The Labute approximate surface area is 114 Å². The average Bonchev–Trinajstić information content (AvgIpc) is 2.27. The van der Waals surface area contributed by atoms with Gasteiger partial charge in [-0.3, -0.25) is 0 Å². The van der Waals surface area contributed by atoms with Gasteiger partial charge in [-0.1, -0.05) is 51.3 Å². The van der Waals surface area contributed by atoms with Gasteiger partial charge in [-0.05, 0) is 37.1 Å². The molecule has 0 aromatic heterocycles. The summed E-state index contributed by atoms with van der Waals surface area (Å²) >= 11 is 3.30. The van der Waals surface area contributed by atoms with Crippen LogP contribution in [0.4, 0.5) is 0 Å². The molecule has 2 aromatic rings. The van der Waals surface area contributed by atoms with Crippen molar-refractivity contribution < 1.29 is 9.90 Å². The lowest BCUT2D eigenvalue weighted by Crippen LogP contribution is -1.99. The topological polar surface area (TPSA) is 37.3 Å². The third-order valence-corrected chi connectivity index (χ3v) is 3.24. The van der Waals surface area contributed by atoms with Gasteiger partial charge < -0.3 is 5.11 Å². The average molecular weight is 305 g/mol. The number of carboxylic acids is 1. The van der Waals surface area contributed by atoms with E-state index in [4.69, 9.17) is 0 Å². The van der Waals surface area contributed by atoms with Gasteiger partial charge in [-0.15, -0.1) is 0 Å². The summed E-state index contributed by atoms with van der Waals surface area (Å²) in [6, 6.07) is 11.4. The Morgan fingerprint density at radius 3 is 2.22 bits per heavy atom. The Kier molecular flexibility index (Phi) is 3.53. The molecule has 0 bridgehead atoms. The molecule has 0 saturated carbocycles. The lowest BCUT2D eigenvalue weighted by atomic mass is 9.97. The lowest BCUT2D eigenvalue weighted by Gasteiger charge is -2.09. The van der Waals surface area contributed by atoms with Gasteiger partial charge in [0, 0.05) is 4.47 Å². The number of benzene rings is 2. The second-order valence-corrected chi connectivity index (χ2v) is 5.29. The molecular formula is C15H13BrO2. The molecular weight excluding hydrogens is 292 g/mol. The number of hydrogen-bond acceptors (Lipinski definition) is 1. The molecule has 0 aliphatic carbocycles. The lowest BCUT2D eigenvalue weighted by molar-refractivity contribution is 0.0697. The molecule has 0 amide bonds. The van der Waals surface area contributed by atoms with Crippen molar-refractivity contribution in [1.29, 1.82) is 0 Å². The van der Waals surface area contributed by atoms with Crippen molar-refractivity contribution in [3.8, 4) is 11.1 Å². The van der Waals surface area contributed by atoms with Gasteiger partial charge in [0.1, 0.15) is 0 Å². The van der Waals surface area contributed by atoms with E-state index in [9.17, 15) is 9.90 Å². The summed E-state index contributed by atoms with van der Waals surface area (Å²) in [6.07, 6.45) is 0. The van der Waals surface area contributed by atoms with Crippen molar-refractivity contribution >= 4 is 21.9 Å². The van der Waals surface area contributed by atoms with Gasteiger partial charge in [-0.25, -0.2) is 4.79 Å². The minimum absolute atomic E-state index is 0.314. The van der Waals surface area contributed by atoms with Crippen LogP contribution in [0.3, 0.4) is 0 Å². The van der Waals surface area contributed by atoms with Crippen LogP contribution in [-0.2, 0) is 0 Å². The van der Waals surface area contributed by atoms with Gasteiger partial charge in [-0.2, -0.15) is 0 Å². The number of aryl methyl sites for hydroxylation is 2. The molecule has 2 nitrogen and oxygen atoms in total. The van der Waals surface area contributed by atoms with Crippen LogP contribution in [0.15, 0.2) is 40.9 Å². The standard InChI is InChI=1S/C15H13BrO2/c1-9-5-10(2)7-11(6-9)13-4-3-12(16)8-14(13)15(17)18/h3-8H,1-2H3,(H,17,18). The fourth-order valence-corrected chi connectivity index (χ4v) is 2.44. The molecule has 0 atom stereocenters. The Bertz CT molecular complexity index is 598. The molecule has 92 valence electrons. The van der Waals surface area contributed by atoms with Crippen molar-refractivity contribution in [2.75, 3.05) is 0 Å². The summed E-state index contributed by atoms with van der Waals surface area (Å²) in [4.78, 5) is 11.3. The first kappa shape index (κ1) is 12.8. The molecule has 18 heavy (non-hydrogen) atoms. The van der Waals surface area contributed by atoms with E-state index in [2.05, 4.69) is 22.0 Å². The number of carbonyl (C=O) groups is 1. The summed E-state index contributed by atoms with van der Waals surface area (Å²) in [6.45, 7) is 4.02. The number of aromatic carboxylic acids is 1. The molecule has 0 aliphatic heterocycles. The van der Waals surface area contributed by atoms with Crippen molar-refractivity contribution in [3.05, 3.63) is 57.6 Å². The normalized spacial score (nSPS) is 10.4. The minimum Gasteiger partial charge on any atom is -0.478 e. The zero-order chi connectivity index (χ0) is 13.3. The molecule has 0 spiro atoms. The Balaban J connectivity index is 2.66. The zero-order valence-corrected chi connectivity index (χ0v) is 11.8. The van der Waals surface area contributed by atoms with Gasteiger partial charge in [0.25, 0.3) is 0 Å². The molecule has 0 aliphatic rings. The fourth-order valence-electron chi connectivity index (χ4n) is 2.08. The molecule has 2 aromatic carbocycles. The SMILES string of the molecule is Cc1cc(C)cc(-c2ccc(Br)cc2C(=O)O)c1. The van der Waals surface area contributed by atoms with E-state index in [1.165, 1.54) is 0 Å². The second kappa shape index (κ2) is 4.94. The third-order valence-electron chi connectivity index (χ3n) is 2.74. The van der Waals surface area contributed by atoms with Crippen LogP contribution < -0.4 is 0 Å². The summed E-state index contributed by atoms with van der Waals surface area (Å²) in [5.74, 6) is -0.912. The van der Waals surface area contributed by atoms with E-state index in [1.807, 2.05) is 38.1 Å². The number of carboxylic acid groups (broad SMARTS) is 1. The highest BCUT2D eigenvalue weighted by atomic mass is 79.9. The first-order valence-corrected chi connectivity index (χ1v) is 6.38. The van der Waals surface area contributed by atoms with E-state index in [-0.39, 0.29) is 0 Å². The molecule has 0 saturated heterocycles. The van der Waals surface area contributed by atoms with Gasteiger partial charge in [0.2, 0.25) is 0 Å². The first-order chi connectivity index (χ1) is 8.47. The zero-order valence-electron chi connectivity index (χ0n) is 10.2. The van der Waals surface area contributed by atoms with E-state index in [0.29, 0.717) is 5.56 Å². The van der Waals surface area contributed by atoms with Crippen LogP contribution in [-0.4, -0.2) is 11.1 Å².